The van der Waals surface area contributed by atoms with Crippen LogP contribution in [0.4, 0.5) is 0 Å². The average molecular weight is 565 g/mol. The molecule has 1 aliphatic rings. The van der Waals surface area contributed by atoms with Crippen LogP contribution in [0.1, 0.15) is 19.4 Å². The maximum absolute atomic E-state index is 14.2. The van der Waals surface area contributed by atoms with E-state index in [2.05, 4.69) is 28.7 Å². The van der Waals surface area contributed by atoms with Gasteiger partial charge in [0.1, 0.15) is 11.1 Å². The summed E-state index contributed by atoms with van der Waals surface area (Å²) in [7, 11) is 1.89. The Balaban J connectivity index is 1.56. The van der Waals surface area contributed by atoms with Crippen molar-refractivity contribution in [3.05, 3.63) is 68.3 Å². The second kappa shape index (κ2) is 10.7. The summed E-state index contributed by atoms with van der Waals surface area (Å²) < 4.78 is 12.2. The van der Waals surface area contributed by atoms with Crippen molar-refractivity contribution in [3.8, 4) is 11.4 Å². The van der Waals surface area contributed by atoms with Gasteiger partial charge >= 0.3 is 5.69 Å². The molecule has 0 aliphatic carbocycles. The first kappa shape index (κ1) is 26.5. The molecular weight excluding hydrogens is 532 g/mol. The molecule has 0 amide bonds. The summed E-state index contributed by atoms with van der Waals surface area (Å²) in [6, 6.07) is 5.70. The largest absolute Gasteiger partial charge is 0.379 e. The number of hydrogen-bond acceptors (Lipinski definition) is 6. The van der Waals surface area contributed by atoms with E-state index in [1.165, 1.54) is 4.57 Å². The van der Waals surface area contributed by atoms with Crippen molar-refractivity contribution in [2.24, 2.45) is 13.0 Å². The number of nitrogens with one attached hydrogen (secondary N) is 1. The SMILES string of the molecule is CC(C)Cn1c(=O)n(CCN2CCOCC2)c(=O)c2c(-c3cncn3C)n(Cc3c[nH]c4ccc(Cl)cc34)nc21. The Morgan fingerprint density at radius 2 is 1.93 bits per heavy atom. The number of aryl methyl sites for hydroxylation is 1. The molecule has 0 radical (unpaired) electrons. The summed E-state index contributed by atoms with van der Waals surface area (Å²) in [6.45, 7) is 8.68. The van der Waals surface area contributed by atoms with Crippen LogP contribution in [0.3, 0.4) is 0 Å². The minimum atomic E-state index is -0.335. The third-order valence-electron chi connectivity index (χ3n) is 7.51. The predicted octanol–water partition coefficient (Wildman–Crippen LogP) is 2.93. The van der Waals surface area contributed by atoms with E-state index in [4.69, 9.17) is 21.4 Å². The number of nitrogens with zero attached hydrogens (tertiary/aromatic N) is 7. The Morgan fingerprint density at radius 3 is 2.65 bits per heavy atom. The lowest BCUT2D eigenvalue weighted by Gasteiger charge is -2.26. The molecular formula is C28H33ClN8O3. The first-order chi connectivity index (χ1) is 19.3. The zero-order chi connectivity index (χ0) is 28.0. The van der Waals surface area contributed by atoms with Gasteiger partial charge in [0, 0.05) is 61.9 Å². The normalized spacial score (nSPS) is 14.7. The summed E-state index contributed by atoms with van der Waals surface area (Å²) in [4.78, 5) is 37.8. The molecule has 1 aromatic carbocycles. The smallest absolute Gasteiger partial charge is 0.332 e. The Labute approximate surface area is 235 Å². The van der Waals surface area contributed by atoms with E-state index in [1.54, 1.807) is 17.1 Å². The van der Waals surface area contributed by atoms with Crippen LogP contribution in [-0.2, 0) is 31.4 Å². The maximum atomic E-state index is 14.2. The Morgan fingerprint density at radius 1 is 1.12 bits per heavy atom. The first-order valence-electron chi connectivity index (χ1n) is 13.6. The zero-order valence-electron chi connectivity index (χ0n) is 22.9. The molecule has 1 aliphatic heterocycles. The van der Waals surface area contributed by atoms with Gasteiger partial charge in [0.25, 0.3) is 5.56 Å². The summed E-state index contributed by atoms with van der Waals surface area (Å²) in [6.07, 6.45) is 5.36. The van der Waals surface area contributed by atoms with Crippen LogP contribution in [0.15, 0.2) is 46.5 Å². The number of aromatic nitrogens is 7. The minimum absolute atomic E-state index is 0.173. The lowest BCUT2D eigenvalue weighted by Crippen LogP contribution is -2.45. The third kappa shape index (κ3) is 4.78. The van der Waals surface area contributed by atoms with Crippen LogP contribution in [0.25, 0.3) is 33.3 Å². The quantitative estimate of drug-likeness (QED) is 0.310. The minimum Gasteiger partial charge on any atom is -0.379 e. The van der Waals surface area contributed by atoms with Gasteiger partial charge in [-0.15, -0.1) is 0 Å². The van der Waals surface area contributed by atoms with Gasteiger partial charge < -0.3 is 14.3 Å². The Kier molecular flexibility index (Phi) is 7.11. The lowest BCUT2D eigenvalue weighted by atomic mass is 10.1. The van der Waals surface area contributed by atoms with Crippen LogP contribution < -0.4 is 11.2 Å². The fourth-order valence-electron chi connectivity index (χ4n) is 5.49. The number of H-pyrrole nitrogens is 1. The molecule has 0 bridgehead atoms. The first-order valence-corrected chi connectivity index (χ1v) is 14.0. The average Bonchev–Trinajstić information content (AvgIpc) is 3.64. The number of morpholine rings is 1. The van der Waals surface area contributed by atoms with Gasteiger partial charge in [-0.25, -0.2) is 9.78 Å². The fraction of sp³-hybridized carbons (Fsp3) is 0.429. The fourth-order valence-corrected chi connectivity index (χ4v) is 5.66. The third-order valence-corrected chi connectivity index (χ3v) is 7.75. The summed E-state index contributed by atoms with van der Waals surface area (Å²) >= 11 is 6.32. The summed E-state index contributed by atoms with van der Waals surface area (Å²) in [5, 5.41) is 6.97. The molecule has 5 heterocycles. The Hall–Kier alpha value is -3.67. The van der Waals surface area contributed by atoms with Crippen molar-refractivity contribution in [2.45, 2.75) is 33.5 Å². The monoisotopic (exact) mass is 564 g/mol. The van der Waals surface area contributed by atoms with Gasteiger partial charge in [-0.3, -0.25) is 23.5 Å². The molecule has 210 valence electrons. The number of rotatable bonds is 8. The van der Waals surface area contributed by atoms with E-state index >= 15 is 0 Å². The molecule has 0 saturated carbocycles. The second-order valence-electron chi connectivity index (χ2n) is 10.8. The molecule has 1 fully saturated rings. The van der Waals surface area contributed by atoms with Gasteiger partial charge in [-0.1, -0.05) is 25.4 Å². The van der Waals surface area contributed by atoms with E-state index in [9.17, 15) is 9.59 Å². The highest BCUT2D eigenvalue weighted by Crippen LogP contribution is 2.29. The van der Waals surface area contributed by atoms with Gasteiger partial charge in [-0.05, 0) is 29.7 Å². The van der Waals surface area contributed by atoms with E-state index < -0.39 is 0 Å². The zero-order valence-corrected chi connectivity index (χ0v) is 23.7. The van der Waals surface area contributed by atoms with Crippen molar-refractivity contribution in [1.29, 1.82) is 0 Å². The highest BCUT2D eigenvalue weighted by atomic mass is 35.5. The highest BCUT2D eigenvalue weighted by molar-refractivity contribution is 6.31. The van der Waals surface area contributed by atoms with Crippen molar-refractivity contribution in [3.63, 3.8) is 0 Å². The standard InChI is InChI=1S/C28H33ClN8O3/c1-18(2)15-36-26-24(27(38)35(28(36)39)7-6-34-8-10-40-11-9-34)25(23-14-30-17-33(23)3)37(32-26)16-19-13-31-22-5-4-20(29)12-21(19)22/h4-5,12-14,17-18,31H,6-11,15-16H2,1-3H3. The molecule has 0 spiro atoms. The topological polar surface area (TPSA) is 108 Å². The predicted molar refractivity (Wildman–Crippen MR) is 155 cm³/mol. The van der Waals surface area contributed by atoms with E-state index in [1.807, 2.05) is 40.7 Å². The lowest BCUT2D eigenvalue weighted by molar-refractivity contribution is 0.0361. The Bertz CT molecular complexity index is 1800. The number of benzene rings is 1. The second-order valence-corrected chi connectivity index (χ2v) is 11.2. The number of ether oxygens (including phenoxy) is 1. The molecule has 40 heavy (non-hydrogen) atoms. The molecule has 4 aromatic heterocycles. The summed E-state index contributed by atoms with van der Waals surface area (Å²) in [5.74, 6) is 0.173. The van der Waals surface area contributed by atoms with E-state index in [-0.39, 0.29) is 17.2 Å². The maximum Gasteiger partial charge on any atom is 0.332 e. The van der Waals surface area contributed by atoms with Crippen molar-refractivity contribution < 1.29 is 4.74 Å². The van der Waals surface area contributed by atoms with Gasteiger partial charge in [0.2, 0.25) is 0 Å². The number of aromatic amines is 1. The van der Waals surface area contributed by atoms with Gasteiger partial charge in [-0.2, -0.15) is 5.10 Å². The molecule has 12 heteroatoms. The summed E-state index contributed by atoms with van der Waals surface area (Å²) in [5.41, 5.74) is 3.03. The molecule has 1 N–H and O–H groups in total. The van der Waals surface area contributed by atoms with Crippen LogP contribution in [0.2, 0.25) is 5.02 Å². The van der Waals surface area contributed by atoms with Crippen molar-refractivity contribution in [2.75, 3.05) is 32.8 Å². The molecule has 0 unspecified atom stereocenters. The van der Waals surface area contributed by atoms with Crippen molar-refractivity contribution >= 4 is 33.5 Å². The van der Waals surface area contributed by atoms with Gasteiger partial charge in [0.15, 0.2) is 5.65 Å². The molecule has 5 aromatic rings. The van der Waals surface area contributed by atoms with Crippen LogP contribution in [-0.4, -0.2) is 71.2 Å². The number of imidazole rings is 1. The van der Waals surface area contributed by atoms with E-state index in [0.717, 1.165) is 35.2 Å². The molecule has 0 atom stereocenters. The molecule has 6 rings (SSSR count). The van der Waals surface area contributed by atoms with Crippen LogP contribution >= 0.6 is 11.6 Å². The van der Waals surface area contributed by atoms with Gasteiger partial charge in [0.05, 0.1) is 38.0 Å². The molecule has 11 nitrogen and oxygen atoms in total. The number of halogens is 1. The highest BCUT2D eigenvalue weighted by Gasteiger charge is 2.26. The number of fused-ring (bicyclic) bond motifs is 2. The molecule has 1 saturated heterocycles. The number of hydrogen-bond donors (Lipinski definition) is 1. The van der Waals surface area contributed by atoms with Crippen LogP contribution in [0.5, 0.6) is 0 Å². The van der Waals surface area contributed by atoms with Crippen LogP contribution in [0, 0.1) is 5.92 Å². The van der Waals surface area contributed by atoms with Crippen molar-refractivity contribution in [1.82, 2.24) is 38.3 Å². The van der Waals surface area contributed by atoms with E-state index in [0.29, 0.717) is 61.1 Å².